The van der Waals surface area contributed by atoms with Gasteiger partial charge in [0.15, 0.2) is 0 Å². The normalized spacial score (nSPS) is 13.1. The van der Waals surface area contributed by atoms with E-state index in [4.69, 9.17) is 4.98 Å². The minimum Gasteiger partial charge on any atom is -0.302 e. The molecule has 0 aliphatic heterocycles. The molecule has 1 N–H and O–H groups in total. The second-order valence-corrected chi connectivity index (χ2v) is 7.00. The lowest BCUT2D eigenvalue weighted by Gasteiger charge is -2.20. The Morgan fingerprint density at radius 3 is 2.24 bits per heavy atom. The maximum absolute atomic E-state index is 4.84. The zero-order valence-electron chi connectivity index (χ0n) is 13.7. The van der Waals surface area contributed by atoms with Gasteiger partial charge in [-0.05, 0) is 37.3 Å². The summed E-state index contributed by atoms with van der Waals surface area (Å²) < 4.78 is 0. The standard InChI is InChI=1S/C18H26N2S/c1-6-14-7-9-15(10-8-14)17(19-13(4)5)18-20-16(11-21-18)12(2)3/h7-13,17,19H,6H2,1-5H3. The molecule has 1 unspecified atom stereocenters. The summed E-state index contributed by atoms with van der Waals surface area (Å²) in [7, 11) is 0. The van der Waals surface area contributed by atoms with Crippen LogP contribution in [-0.4, -0.2) is 11.0 Å². The molecule has 0 fully saturated rings. The molecule has 0 bridgehead atoms. The van der Waals surface area contributed by atoms with E-state index >= 15 is 0 Å². The molecular weight excluding hydrogens is 276 g/mol. The second-order valence-electron chi connectivity index (χ2n) is 6.11. The highest BCUT2D eigenvalue weighted by Crippen LogP contribution is 2.28. The molecule has 0 saturated heterocycles. The van der Waals surface area contributed by atoms with Crippen LogP contribution in [-0.2, 0) is 6.42 Å². The highest BCUT2D eigenvalue weighted by atomic mass is 32.1. The number of hydrogen-bond acceptors (Lipinski definition) is 3. The molecule has 0 spiro atoms. The van der Waals surface area contributed by atoms with Crippen LogP contribution < -0.4 is 5.32 Å². The third-order valence-corrected chi connectivity index (χ3v) is 4.53. The summed E-state index contributed by atoms with van der Waals surface area (Å²) >= 11 is 1.76. The fraction of sp³-hybridized carbons (Fsp3) is 0.500. The Hall–Kier alpha value is -1.19. The molecule has 1 aromatic carbocycles. The SMILES string of the molecule is CCc1ccc(C(NC(C)C)c2nc(C(C)C)cs2)cc1. The number of aryl methyl sites for hydroxylation is 1. The van der Waals surface area contributed by atoms with Crippen LogP contribution in [0.2, 0.25) is 0 Å². The molecule has 1 aromatic heterocycles. The molecule has 0 aliphatic rings. The Morgan fingerprint density at radius 1 is 1.10 bits per heavy atom. The van der Waals surface area contributed by atoms with Gasteiger partial charge in [0.05, 0.1) is 11.7 Å². The van der Waals surface area contributed by atoms with Crippen LogP contribution in [0.1, 0.15) is 68.4 Å². The lowest BCUT2D eigenvalue weighted by atomic mass is 10.0. The Labute approximate surface area is 132 Å². The van der Waals surface area contributed by atoms with Crippen molar-refractivity contribution in [2.24, 2.45) is 0 Å². The van der Waals surface area contributed by atoms with Gasteiger partial charge in [-0.3, -0.25) is 0 Å². The lowest BCUT2D eigenvalue weighted by Crippen LogP contribution is -2.29. The predicted molar refractivity (Wildman–Crippen MR) is 92.1 cm³/mol. The molecule has 2 nitrogen and oxygen atoms in total. The van der Waals surface area contributed by atoms with Crippen LogP contribution in [0.4, 0.5) is 0 Å². The van der Waals surface area contributed by atoms with Crippen molar-refractivity contribution in [2.75, 3.05) is 0 Å². The Morgan fingerprint density at radius 2 is 1.76 bits per heavy atom. The Balaban J connectivity index is 2.31. The van der Waals surface area contributed by atoms with E-state index in [0.29, 0.717) is 12.0 Å². The van der Waals surface area contributed by atoms with Gasteiger partial charge in [-0.15, -0.1) is 11.3 Å². The van der Waals surface area contributed by atoms with E-state index in [9.17, 15) is 0 Å². The van der Waals surface area contributed by atoms with Crippen LogP contribution in [0.3, 0.4) is 0 Å². The maximum atomic E-state index is 4.84. The van der Waals surface area contributed by atoms with Crippen molar-refractivity contribution in [3.63, 3.8) is 0 Å². The number of nitrogens with one attached hydrogen (secondary N) is 1. The molecular formula is C18H26N2S. The average Bonchev–Trinajstić information content (AvgIpc) is 2.94. The minimum absolute atomic E-state index is 0.188. The van der Waals surface area contributed by atoms with Crippen LogP contribution >= 0.6 is 11.3 Å². The van der Waals surface area contributed by atoms with E-state index in [1.165, 1.54) is 16.8 Å². The van der Waals surface area contributed by atoms with Crippen molar-refractivity contribution in [1.82, 2.24) is 10.3 Å². The Bertz CT molecular complexity index is 555. The van der Waals surface area contributed by atoms with Crippen molar-refractivity contribution in [3.05, 3.63) is 51.5 Å². The first kappa shape index (κ1) is 16.2. The average molecular weight is 302 g/mol. The van der Waals surface area contributed by atoms with Gasteiger partial charge in [-0.1, -0.05) is 45.0 Å². The van der Waals surface area contributed by atoms with E-state index in [2.05, 4.69) is 69.6 Å². The molecule has 0 amide bonds. The fourth-order valence-corrected chi connectivity index (χ4v) is 3.35. The van der Waals surface area contributed by atoms with Gasteiger partial charge in [0.2, 0.25) is 0 Å². The topological polar surface area (TPSA) is 24.9 Å². The predicted octanol–water partition coefficient (Wildman–Crippen LogP) is 4.92. The number of nitrogens with zero attached hydrogens (tertiary/aromatic N) is 1. The van der Waals surface area contributed by atoms with Gasteiger partial charge in [-0.25, -0.2) is 4.98 Å². The van der Waals surface area contributed by atoms with E-state index in [0.717, 1.165) is 11.4 Å². The number of hydrogen-bond donors (Lipinski definition) is 1. The zero-order valence-corrected chi connectivity index (χ0v) is 14.5. The summed E-state index contributed by atoms with van der Waals surface area (Å²) in [4.78, 5) is 4.84. The number of benzene rings is 1. The van der Waals surface area contributed by atoms with E-state index < -0.39 is 0 Å². The number of thiazole rings is 1. The molecule has 2 rings (SSSR count). The third kappa shape index (κ3) is 4.14. The zero-order chi connectivity index (χ0) is 15.4. The lowest BCUT2D eigenvalue weighted by molar-refractivity contribution is 0.525. The summed E-state index contributed by atoms with van der Waals surface area (Å²) in [5.74, 6) is 0.483. The molecule has 114 valence electrons. The van der Waals surface area contributed by atoms with E-state index in [1.807, 2.05) is 0 Å². The van der Waals surface area contributed by atoms with Crippen LogP contribution in [0.25, 0.3) is 0 Å². The molecule has 0 saturated carbocycles. The van der Waals surface area contributed by atoms with Crippen LogP contribution in [0.15, 0.2) is 29.6 Å². The van der Waals surface area contributed by atoms with Crippen molar-refractivity contribution in [1.29, 1.82) is 0 Å². The highest BCUT2D eigenvalue weighted by molar-refractivity contribution is 7.09. The van der Waals surface area contributed by atoms with Crippen molar-refractivity contribution in [3.8, 4) is 0 Å². The third-order valence-electron chi connectivity index (χ3n) is 3.60. The van der Waals surface area contributed by atoms with E-state index in [-0.39, 0.29) is 6.04 Å². The van der Waals surface area contributed by atoms with Gasteiger partial charge in [0.1, 0.15) is 5.01 Å². The van der Waals surface area contributed by atoms with Crippen LogP contribution in [0, 0.1) is 0 Å². The van der Waals surface area contributed by atoms with Crippen LogP contribution in [0.5, 0.6) is 0 Å². The molecule has 2 aromatic rings. The number of rotatable bonds is 6. The van der Waals surface area contributed by atoms with Crippen molar-refractivity contribution < 1.29 is 0 Å². The molecule has 3 heteroatoms. The molecule has 21 heavy (non-hydrogen) atoms. The van der Waals surface area contributed by atoms with Gasteiger partial charge < -0.3 is 5.32 Å². The summed E-state index contributed by atoms with van der Waals surface area (Å²) in [6.45, 7) is 10.9. The molecule has 1 heterocycles. The maximum Gasteiger partial charge on any atom is 0.114 e. The summed E-state index contributed by atoms with van der Waals surface area (Å²) in [5.41, 5.74) is 3.87. The van der Waals surface area contributed by atoms with Gasteiger partial charge >= 0.3 is 0 Å². The first-order valence-electron chi connectivity index (χ1n) is 7.81. The minimum atomic E-state index is 0.188. The van der Waals surface area contributed by atoms with Gasteiger partial charge in [0, 0.05) is 11.4 Å². The highest BCUT2D eigenvalue weighted by Gasteiger charge is 2.19. The summed E-state index contributed by atoms with van der Waals surface area (Å²) in [6.07, 6.45) is 1.08. The van der Waals surface area contributed by atoms with E-state index in [1.54, 1.807) is 11.3 Å². The Kier molecular flexibility index (Phi) is 5.54. The first-order chi connectivity index (χ1) is 10.0. The van der Waals surface area contributed by atoms with Crippen molar-refractivity contribution >= 4 is 11.3 Å². The van der Waals surface area contributed by atoms with Gasteiger partial charge in [-0.2, -0.15) is 0 Å². The van der Waals surface area contributed by atoms with Crippen molar-refractivity contribution in [2.45, 2.75) is 59.0 Å². The number of aromatic nitrogens is 1. The molecule has 0 radical (unpaired) electrons. The molecule has 1 atom stereocenters. The first-order valence-corrected chi connectivity index (χ1v) is 8.69. The fourth-order valence-electron chi connectivity index (χ4n) is 2.29. The van der Waals surface area contributed by atoms with Gasteiger partial charge in [0.25, 0.3) is 0 Å². The quantitative estimate of drug-likeness (QED) is 0.819. The monoisotopic (exact) mass is 302 g/mol. The largest absolute Gasteiger partial charge is 0.302 e. The molecule has 0 aliphatic carbocycles. The summed E-state index contributed by atoms with van der Waals surface area (Å²) in [5, 5.41) is 7.00. The second kappa shape index (κ2) is 7.19. The smallest absolute Gasteiger partial charge is 0.114 e. The summed E-state index contributed by atoms with van der Waals surface area (Å²) in [6, 6.07) is 9.52.